The monoisotopic (exact) mass is 411 g/mol. The van der Waals surface area contributed by atoms with Crippen LogP contribution in [0.5, 0.6) is 5.75 Å². The first kappa shape index (κ1) is 18.9. The Bertz CT molecular complexity index is 1570. The Kier molecular flexibility index (Phi) is 4.29. The number of nitrogens with zero attached hydrogens (tertiary/aromatic N) is 3. The van der Waals surface area contributed by atoms with Crippen molar-refractivity contribution in [1.29, 1.82) is 0 Å². The Morgan fingerprint density at radius 3 is 2.26 bits per heavy atom. The molecule has 6 nitrogen and oxygen atoms in total. The molecular weight excluding hydrogens is 390 g/mol. The molecule has 0 saturated heterocycles. The van der Waals surface area contributed by atoms with E-state index in [0.717, 1.165) is 38.0 Å². The smallest absolute Gasteiger partial charge is 0.330 e. The van der Waals surface area contributed by atoms with E-state index in [9.17, 15) is 9.59 Å². The molecule has 6 heteroatoms. The average Bonchev–Trinajstić information content (AvgIpc) is 3.21. The summed E-state index contributed by atoms with van der Waals surface area (Å²) in [7, 11) is 4.82. The fourth-order valence-electron chi connectivity index (χ4n) is 4.18. The van der Waals surface area contributed by atoms with Gasteiger partial charge >= 0.3 is 5.69 Å². The van der Waals surface area contributed by atoms with E-state index in [-0.39, 0.29) is 11.2 Å². The van der Waals surface area contributed by atoms with Crippen LogP contribution in [0.2, 0.25) is 0 Å². The van der Waals surface area contributed by atoms with Gasteiger partial charge in [0.2, 0.25) is 0 Å². The molecule has 0 aliphatic carbocycles. The van der Waals surface area contributed by atoms with Crippen molar-refractivity contribution in [2.75, 3.05) is 7.11 Å². The number of hydrogen-bond acceptors (Lipinski definition) is 3. The minimum Gasteiger partial charge on any atom is -0.497 e. The van der Waals surface area contributed by atoms with E-state index in [1.165, 1.54) is 11.6 Å². The van der Waals surface area contributed by atoms with Crippen LogP contribution in [-0.4, -0.2) is 20.8 Å². The molecule has 0 spiro atoms. The fraction of sp³-hybridized carbons (Fsp3) is 0.120. The third kappa shape index (κ3) is 2.79. The van der Waals surface area contributed by atoms with Crippen molar-refractivity contribution in [3.05, 3.63) is 93.8 Å². The van der Waals surface area contributed by atoms with Crippen molar-refractivity contribution in [1.82, 2.24) is 13.7 Å². The molecule has 2 heterocycles. The Hall–Kier alpha value is -4.06. The molecule has 0 bridgehead atoms. The number of rotatable bonds is 3. The van der Waals surface area contributed by atoms with Crippen LogP contribution in [0.4, 0.5) is 0 Å². The van der Waals surface area contributed by atoms with Crippen LogP contribution < -0.4 is 16.0 Å². The number of benzene rings is 3. The quantitative estimate of drug-likeness (QED) is 0.453. The molecule has 0 atom stereocenters. The molecule has 0 amide bonds. The van der Waals surface area contributed by atoms with Crippen molar-refractivity contribution >= 4 is 21.7 Å². The Balaban J connectivity index is 1.97. The lowest BCUT2D eigenvalue weighted by atomic mass is 10.1. The largest absolute Gasteiger partial charge is 0.497 e. The van der Waals surface area contributed by atoms with E-state index in [0.29, 0.717) is 10.9 Å². The molecule has 0 unspecified atom stereocenters. The van der Waals surface area contributed by atoms with Crippen molar-refractivity contribution in [2.24, 2.45) is 14.1 Å². The van der Waals surface area contributed by atoms with Crippen LogP contribution in [0.3, 0.4) is 0 Å². The average molecular weight is 411 g/mol. The van der Waals surface area contributed by atoms with Crippen LogP contribution in [0.15, 0.2) is 82.5 Å². The molecular formula is C25H21N3O3. The van der Waals surface area contributed by atoms with Crippen molar-refractivity contribution in [2.45, 2.75) is 0 Å². The lowest BCUT2D eigenvalue weighted by Crippen LogP contribution is -2.36. The number of hydrogen-bond donors (Lipinski definition) is 0. The van der Waals surface area contributed by atoms with E-state index in [4.69, 9.17) is 4.74 Å². The summed E-state index contributed by atoms with van der Waals surface area (Å²) >= 11 is 0. The first-order valence-electron chi connectivity index (χ1n) is 9.95. The SMILES string of the molecule is COc1ccc(-c2c3c(=O)n(C)c(=O)n(C)c3cn2-c2cccc3ccccc23)cc1. The number of methoxy groups -OCH3 is 1. The van der Waals surface area contributed by atoms with Gasteiger partial charge in [-0.1, -0.05) is 36.4 Å². The maximum atomic E-state index is 13.2. The summed E-state index contributed by atoms with van der Waals surface area (Å²) in [4.78, 5) is 25.8. The molecule has 0 fully saturated rings. The second-order valence-electron chi connectivity index (χ2n) is 7.54. The molecule has 3 aromatic carbocycles. The molecule has 0 aliphatic heterocycles. The summed E-state index contributed by atoms with van der Waals surface area (Å²) in [5, 5.41) is 2.66. The van der Waals surface area contributed by atoms with Crippen LogP contribution >= 0.6 is 0 Å². The predicted octanol–water partition coefficient (Wildman–Crippen LogP) is 3.86. The summed E-state index contributed by atoms with van der Waals surface area (Å²) in [5.74, 6) is 0.733. The van der Waals surface area contributed by atoms with E-state index in [1.807, 2.05) is 59.3 Å². The Morgan fingerprint density at radius 2 is 1.52 bits per heavy atom. The first-order valence-corrected chi connectivity index (χ1v) is 9.95. The maximum Gasteiger partial charge on any atom is 0.330 e. The Morgan fingerprint density at radius 1 is 0.806 bits per heavy atom. The van der Waals surface area contributed by atoms with Gasteiger partial charge in [0.05, 0.1) is 29.4 Å². The number of fused-ring (bicyclic) bond motifs is 2. The van der Waals surface area contributed by atoms with E-state index in [2.05, 4.69) is 18.2 Å². The molecule has 0 saturated carbocycles. The summed E-state index contributed by atoms with van der Waals surface area (Å²) in [5.41, 5.74) is 2.46. The zero-order chi connectivity index (χ0) is 21.7. The number of ether oxygens (including phenoxy) is 1. The highest BCUT2D eigenvalue weighted by atomic mass is 16.5. The van der Waals surface area contributed by atoms with Crippen LogP contribution in [0.1, 0.15) is 0 Å². The zero-order valence-corrected chi connectivity index (χ0v) is 17.5. The van der Waals surface area contributed by atoms with Crippen molar-refractivity contribution < 1.29 is 4.74 Å². The molecule has 5 rings (SSSR count). The normalized spacial score (nSPS) is 11.3. The summed E-state index contributed by atoms with van der Waals surface area (Å²) in [6.45, 7) is 0. The minimum atomic E-state index is -0.353. The lowest BCUT2D eigenvalue weighted by molar-refractivity contribution is 0.415. The molecule has 5 aromatic rings. The van der Waals surface area contributed by atoms with Crippen LogP contribution in [0, 0.1) is 0 Å². The first-order chi connectivity index (χ1) is 15.0. The molecule has 154 valence electrons. The van der Waals surface area contributed by atoms with Gasteiger partial charge in [0.25, 0.3) is 5.56 Å². The van der Waals surface area contributed by atoms with E-state index < -0.39 is 0 Å². The van der Waals surface area contributed by atoms with Gasteiger partial charge in [-0.25, -0.2) is 4.79 Å². The van der Waals surface area contributed by atoms with Gasteiger partial charge in [0, 0.05) is 25.7 Å². The highest BCUT2D eigenvalue weighted by Gasteiger charge is 2.21. The van der Waals surface area contributed by atoms with Crippen molar-refractivity contribution in [3.63, 3.8) is 0 Å². The second-order valence-corrected chi connectivity index (χ2v) is 7.54. The van der Waals surface area contributed by atoms with Gasteiger partial charge < -0.3 is 9.30 Å². The van der Waals surface area contributed by atoms with Gasteiger partial charge in [0.15, 0.2) is 0 Å². The Labute approximate surface area is 178 Å². The highest BCUT2D eigenvalue weighted by molar-refractivity contribution is 5.98. The van der Waals surface area contributed by atoms with Crippen LogP contribution in [0.25, 0.3) is 38.6 Å². The second kappa shape index (κ2) is 7.02. The molecule has 31 heavy (non-hydrogen) atoms. The molecule has 2 aromatic heterocycles. The third-order valence-corrected chi connectivity index (χ3v) is 5.83. The number of aromatic nitrogens is 3. The van der Waals surface area contributed by atoms with Gasteiger partial charge in [0.1, 0.15) is 5.75 Å². The van der Waals surface area contributed by atoms with Crippen LogP contribution in [-0.2, 0) is 14.1 Å². The van der Waals surface area contributed by atoms with E-state index in [1.54, 1.807) is 14.2 Å². The summed E-state index contributed by atoms with van der Waals surface area (Å²) < 4.78 is 9.99. The highest BCUT2D eigenvalue weighted by Crippen LogP contribution is 2.34. The zero-order valence-electron chi connectivity index (χ0n) is 17.5. The molecule has 0 aliphatic rings. The predicted molar refractivity (Wildman–Crippen MR) is 123 cm³/mol. The van der Waals surface area contributed by atoms with Gasteiger partial charge in [-0.05, 0) is 41.3 Å². The lowest BCUT2D eigenvalue weighted by Gasteiger charge is -2.13. The molecule has 0 N–H and O–H groups in total. The van der Waals surface area contributed by atoms with Gasteiger partial charge in [-0.15, -0.1) is 0 Å². The summed E-state index contributed by atoms with van der Waals surface area (Å²) in [6, 6.07) is 21.8. The third-order valence-electron chi connectivity index (χ3n) is 5.83. The van der Waals surface area contributed by atoms with Gasteiger partial charge in [-0.3, -0.25) is 13.9 Å². The standard InChI is InChI=1S/C25H21N3O3/c1-26-21-15-28(20-10-6-8-16-7-4-5-9-19(16)20)23(17-11-13-18(31-3)14-12-17)22(21)24(29)27(2)25(26)30/h4-15H,1-3H3. The minimum absolute atomic E-state index is 0.317. The fourth-order valence-corrected chi connectivity index (χ4v) is 4.18. The van der Waals surface area contributed by atoms with E-state index >= 15 is 0 Å². The number of aryl methyl sites for hydroxylation is 1. The topological polar surface area (TPSA) is 58.2 Å². The summed E-state index contributed by atoms with van der Waals surface area (Å²) in [6.07, 6.45) is 1.87. The van der Waals surface area contributed by atoms with Crippen molar-refractivity contribution in [3.8, 4) is 22.7 Å². The maximum absolute atomic E-state index is 13.2. The van der Waals surface area contributed by atoms with Gasteiger partial charge in [-0.2, -0.15) is 0 Å². The molecule has 0 radical (unpaired) electrons.